The molecule has 1 saturated carbocycles. The van der Waals surface area contributed by atoms with Crippen molar-refractivity contribution in [3.63, 3.8) is 0 Å². The predicted octanol–water partition coefficient (Wildman–Crippen LogP) is 2.37. The smallest absolute Gasteiger partial charge is 0.231 e. The van der Waals surface area contributed by atoms with Crippen molar-refractivity contribution in [2.24, 2.45) is 0 Å². The molecule has 7 nitrogen and oxygen atoms in total. The summed E-state index contributed by atoms with van der Waals surface area (Å²) in [6.45, 7) is 2.05. The number of benzene rings is 1. The van der Waals surface area contributed by atoms with Crippen molar-refractivity contribution in [2.45, 2.75) is 69.1 Å². The standard InChI is InChI=1S/C23H30N2O5/c26-9-8-24-13-17(10-18(24)6-7-25-21(27)4-5-22(25)28)16-11-19(15-2-1-3-15)23-20(12-16)29-14-30-23/h9,11-12,15,17-18,21,27H,1-8,10,13-14H2. The molecule has 3 aliphatic heterocycles. The summed E-state index contributed by atoms with van der Waals surface area (Å²) in [5.74, 6) is 2.68. The van der Waals surface area contributed by atoms with Gasteiger partial charge in [-0.1, -0.05) is 12.5 Å². The molecular weight excluding hydrogens is 384 g/mol. The van der Waals surface area contributed by atoms with Gasteiger partial charge in [-0.2, -0.15) is 0 Å². The van der Waals surface area contributed by atoms with E-state index in [0.717, 1.165) is 37.2 Å². The summed E-state index contributed by atoms with van der Waals surface area (Å²) in [6, 6.07) is 4.64. The number of ether oxygens (including phenoxy) is 2. The van der Waals surface area contributed by atoms with Crippen molar-refractivity contribution in [1.82, 2.24) is 9.80 Å². The zero-order valence-electron chi connectivity index (χ0n) is 17.3. The Morgan fingerprint density at radius 2 is 2.03 bits per heavy atom. The lowest BCUT2D eigenvalue weighted by Crippen LogP contribution is -2.38. The van der Waals surface area contributed by atoms with Crippen LogP contribution in [-0.2, 0) is 9.59 Å². The highest BCUT2D eigenvalue weighted by atomic mass is 16.7. The number of carbonyl (C=O) groups is 2. The third kappa shape index (κ3) is 3.58. The second-order valence-corrected chi connectivity index (χ2v) is 9.07. The summed E-state index contributed by atoms with van der Waals surface area (Å²) >= 11 is 0. The van der Waals surface area contributed by atoms with E-state index in [2.05, 4.69) is 17.0 Å². The summed E-state index contributed by atoms with van der Waals surface area (Å²) in [6.07, 6.45) is 6.64. The summed E-state index contributed by atoms with van der Waals surface area (Å²) in [5, 5.41) is 10.0. The molecule has 0 aromatic heterocycles. The van der Waals surface area contributed by atoms with E-state index >= 15 is 0 Å². The fourth-order valence-electron chi connectivity index (χ4n) is 5.44. The van der Waals surface area contributed by atoms with Crippen molar-refractivity contribution in [3.05, 3.63) is 23.3 Å². The van der Waals surface area contributed by atoms with E-state index in [-0.39, 0.29) is 18.7 Å². The highest BCUT2D eigenvalue weighted by Gasteiger charge is 2.37. The number of aliphatic hydroxyl groups is 1. The number of aldehydes is 1. The zero-order chi connectivity index (χ0) is 20.7. The SMILES string of the molecule is O=CCN1CC(c2cc3c(c(C4CCC4)c2)OCO3)CC1CCN1C(=O)CCC1O. The zero-order valence-corrected chi connectivity index (χ0v) is 17.3. The maximum absolute atomic E-state index is 12.0. The first kappa shape index (κ1) is 19.8. The Morgan fingerprint density at radius 3 is 2.73 bits per heavy atom. The molecule has 3 atom stereocenters. The quantitative estimate of drug-likeness (QED) is 0.690. The van der Waals surface area contributed by atoms with Crippen LogP contribution in [0.5, 0.6) is 11.5 Å². The van der Waals surface area contributed by atoms with Crippen molar-refractivity contribution in [1.29, 1.82) is 0 Å². The van der Waals surface area contributed by atoms with Gasteiger partial charge < -0.3 is 24.3 Å². The lowest BCUT2D eigenvalue weighted by Gasteiger charge is -2.27. The van der Waals surface area contributed by atoms with Gasteiger partial charge in [-0.3, -0.25) is 9.69 Å². The second kappa shape index (κ2) is 8.19. The van der Waals surface area contributed by atoms with Gasteiger partial charge >= 0.3 is 0 Å². The molecular formula is C23H30N2O5. The average molecular weight is 415 g/mol. The third-order valence-electron chi connectivity index (χ3n) is 7.38. The fraction of sp³-hybridized carbons (Fsp3) is 0.652. The Balaban J connectivity index is 1.33. The number of hydrogen-bond donors (Lipinski definition) is 1. The van der Waals surface area contributed by atoms with Gasteiger partial charge in [0, 0.05) is 37.5 Å². The number of likely N-dealkylation sites (tertiary alicyclic amines) is 2. The number of aliphatic hydroxyl groups excluding tert-OH is 1. The first-order valence-corrected chi connectivity index (χ1v) is 11.2. The van der Waals surface area contributed by atoms with Crippen LogP contribution in [0.1, 0.15) is 67.9 Å². The molecule has 0 bridgehead atoms. The molecule has 1 aromatic carbocycles. The van der Waals surface area contributed by atoms with E-state index in [1.165, 1.54) is 30.4 Å². The van der Waals surface area contributed by atoms with Gasteiger partial charge in [0.1, 0.15) is 12.5 Å². The van der Waals surface area contributed by atoms with Crippen molar-refractivity contribution in [3.8, 4) is 11.5 Å². The number of carbonyl (C=O) groups excluding carboxylic acids is 2. The lowest BCUT2D eigenvalue weighted by atomic mass is 9.78. The largest absolute Gasteiger partial charge is 0.454 e. The predicted molar refractivity (Wildman–Crippen MR) is 110 cm³/mol. The lowest BCUT2D eigenvalue weighted by molar-refractivity contribution is -0.133. The molecule has 0 spiro atoms. The Kier molecular flexibility index (Phi) is 5.41. The van der Waals surface area contributed by atoms with E-state index in [0.29, 0.717) is 37.8 Å². The molecule has 1 N–H and O–H groups in total. The Morgan fingerprint density at radius 1 is 1.17 bits per heavy atom. The minimum Gasteiger partial charge on any atom is -0.454 e. The van der Waals surface area contributed by atoms with Crippen LogP contribution in [0, 0.1) is 0 Å². The minimum atomic E-state index is -0.659. The van der Waals surface area contributed by atoms with Crippen LogP contribution in [-0.4, -0.2) is 65.8 Å². The molecule has 0 radical (unpaired) electrons. The van der Waals surface area contributed by atoms with Gasteiger partial charge in [-0.05, 0) is 49.1 Å². The second-order valence-electron chi connectivity index (χ2n) is 9.07. The molecule has 3 unspecified atom stereocenters. The van der Waals surface area contributed by atoms with Crippen LogP contribution in [0.4, 0.5) is 0 Å². The maximum Gasteiger partial charge on any atom is 0.231 e. The molecule has 1 aromatic rings. The van der Waals surface area contributed by atoms with Crippen LogP contribution in [0.25, 0.3) is 0 Å². The number of amides is 1. The number of fused-ring (bicyclic) bond motifs is 1. The number of rotatable bonds is 7. The molecule has 4 aliphatic rings. The van der Waals surface area contributed by atoms with Crippen LogP contribution in [0.2, 0.25) is 0 Å². The number of hydrogen-bond acceptors (Lipinski definition) is 6. The maximum atomic E-state index is 12.0. The first-order chi connectivity index (χ1) is 14.6. The molecule has 30 heavy (non-hydrogen) atoms. The number of nitrogens with zero attached hydrogens (tertiary/aromatic N) is 2. The van der Waals surface area contributed by atoms with Crippen LogP contribution in [0.3, 0.4) is 0 Å². The molecule has 162 valence electrons. The topological polar surface area (TPSA) is 79.3 Å². The molecule has 3 fully saturated rings. The van der Waals surface area contributed by atoms with Gasteiger partial charge in [0.15, 0.2) is 11.5 Å². The molecule has 2 saturated heterocycles. The van der Waals surface area contributed by atoms with Gasteiger partial charge in [0.2, 0.25) is 12.7 Å². The minimum absolute atomic E-state index is 0.0277. The first-order valence-electron chi connectivity index (χ1n) is 11.2. The monoisotopic (exact) mass is 414 g/mol. The van der Waals surface area contributed by atoms with E-state index in [4.69, 9.17) is 9.47 Å². The van der Waals surface area contributed by atoms with E-state index in [1.807, 2.05) is 0 Å². The Hall–Kier alpha value is -2.12. The Labute approximate surface area is 176 Å². The van der Waals surface area contributed by atoms with E-state index in [9.17, 15) is 14.7 Å². The molecule has 7 heteroatoms. The van der Waals surface area contributed by atoms with E-state index in [1.54, 1.807) is 4.90 Å². The summed E-state index contributed by atoms with van der Waals surface area (Å²) in [4.78, 5) is 27.1. The summed E-state index contributed by atoms with van der Waals surface area (Å²) < 4.78 is 11.5. The molecule has 5 rings (SSSR count). The normalized spacial score (nSPS) is 28.9. The fourth-order valence-corrected chi connectivity index (χ4v) is 5.44. The van der Waals surface area contributed by atoms with Gasteiger partial charge in [0.25, 0.3) is 0 Å². The molecule has 1 amide bonds. The summed E-state index contributed by atoms with van der Waals surface area (Å²) in [7, 11) is 0. The van der Waals surface area contributed by atoms with Crippen LogP contribution < -0.4 is 9.47 Å². The third-order valence-corrected chi connectivity index (χ3v) is 7.38. The molecule has 1 aliphatic carbocycles. The van der Waals surface area contributed by atoms with Crippen molar-refractivity contribution >= 4 is 12.2 Å². The van der Waals surface area contributed by atoms with Crippen LogP contribution in [0.15, 0.2) is 12.1 Å². The van der Waals surface area contributed by atoms with E-state index < -0.39 is 6.23 Å². The highest BCUT2D eigenvalue weighted by molar-refractivity contribution is 5.78. The van der Waals surface area contributed by atoms with Crippen molar-refractivity contribution < 1.29 is 24.2 Å². The Bertz CT molecular complexity index is 824. The van der Waals surface area contributed by atoms with Crippen molar-refractivity contribution in [2.75, 3.05) is 26.4 Å². The van der Waals surface area contributed by atoms with Gasteiger partial charge in [0.05, 0.1) is 6.54 Å². The van der Waals surface area contributed by atoms with Gasteiger partial charge in [-0.25, -0.2) is 0 Å². The van der Waals surface area contributed by atoms with Gasteiger partial charge in [-0.15, -0.1) is 0 Å². The highest BCUT2D eigenvalue weighted by Crippen LogP contribution is 2.48. The molecule has 3 heterocycles. The average Bonchev–Trinajstić information content (AvgIpc) is 3.39. The van der Waals surface area contributed by atoms with Crippen LogP contribution >= 0.6 is 0 Å². The summed E-state index contributed by atoms with van der Waals surface area (Å²) in [5.41, 5.74) is 2.54.